The van der Waals surface area contributed by atoms with Crippen molar-refractivity contribution >= 4 is 40.9 Å². The molecule has 0 aliphatic rings. The Bertz CT molecular complexity index is 703. The normalized spacial score (nSPS) is 10.2. The molecule has 0 atom stereocenters. The molecule has 6 heteroatoms. The van der Waals surface area contributed by atoms with Crippen molar-refractivity contribution in [3.05, 3.63) is 58.6 Å². The summed E-state index contributed by atoms with van der Waals surface area (Å²) >= 11 is 7.23. The van der Waals surface area contributed by atoms with Crippen LogP contribution >= 0.6 is 23.4 Å². The van der Waals surface area contributed by atoms with E-state index in [0.717, 1.165) is 4.90 Å². The summed E-state index contributed by atoms with van der Waals surface area (Å²) in [6.07, 6.45) is 1.87. The Morgan fingerprint density at radius 1 is 1.14 bits per heavy atom. The summed E-state index contributed by atoms with van der Waals surface area (Å²) in [7, 11) is 0. The number of carbonyl (C=O) groups excluding carboxylic acids is 1. The molecular formula is C15H12ClNO3S. The molecule has 2 aromatic carbocycles. The molecule has 0 radical (unpaired) electrons. The molecule has 0 saturated heterocycles. The summed E-state index contributed by atoms with van der Waals surface area (Å²) in [5, 5.41) is 12.1. The number of rotatable bonds is 4. The van der Waals surface area contributed by atoms with Gasteiger partial charge in [0, 0.05) is 9.92 Å². The van der Waals surface area contributed by atoms with Crippen LogP contribution in [-0.2, 0) is 0 Å². The van der Waals surface area contributed by atoms with Crippen molar-refractivity contribution in [2.75, 3.05) is 11.6 Å². The number of benzene rings is 2. The Balaban J connectivity index is 2.34. The van der Waals surface area contributed by atoms with Crippen molar-refractivity contribution in [1.82, 2.24) is 0 Å². The number of thioether (sulfide) groups is 1. The largest absolute Gasteiger partial charge is 0.478 e. The smallest absolute Gasteiger partial charge is 0.337 e. The van der Waals surface area contributed by atoms with Gasteiger partial charge in [-0.3, -0.25) is 4.79 Å². The van der Waals surface area contributed by atoms with E-state index in [2.05, 4.69) is 5.32 Å². The topological polar surface area (TPSA) is 66.4 Å². The van der Waals surface area contributed by atoms with E-state index in [4.69, 9.17) is 16.7 Å². The highest BCUT2D eigenvalue weighted by Crippen LogP contribution is 2.24. The van der Waals surface area contributed by atoms with Gasteiger partial charge in [0.05, 0.1) is 16.8 Å². The quantitative estimate of drug-likeness (QED) is 0.835. The van der Waals surface area contributed by atoms with Gasteiger partial charge in [-0.05, 0) is 36.6 Å². The lowest BCUT2D eigenvalue weighted by atomic mass is 10.1. The second kappa shape index (κ2) is 6.65. The van der Waals surface area contributed by atoms with Crippen LogP contribution in [0.3, 0.4) is 0 Å². The highest BCUT2D eigenvalue weighted by atomic mass is 35.5. The van der Waals surface area contributed by atoms with Gasteiger partial charge in [0.1, 0.15) is 0 Å². The highest BCUT2D eigenvalue weighted by Gasteiger charge is 2.15. The summed E-state index contributed by atoms with van der Waals surface area (Å²) in [6.45, 7) is 0. The van der Waals surface area contributed by atoms with Gasteiger partial charge >= 0.3 is 5.97 Å². The molecule has 108 valence electrons. The number of aromatic carboxylic acids is 1. The molecule has 0 aliphatic heterocycles. The van der Waals surface area contributed by atoms with Crippen molar-refractivity contribution in [1.29, 1.82) is 0 Å². The van der Waals surface area contributed by atoms with E-state index in [-0.39, 0.29) is 17.2 Å². The Hall–Kier alpha value is -1.98. The first-order chi connectivity index (χ1) is 10.0. The van der Waals surface area contributed by atoms with Crippen LogP contribution in [-0.4, -0.2) is 23.2 Å². The zero-order valence-corrected chi connectivity index (χ0v) is 12.7. The van der Waals surface area contributed by atoms with Gasteiger partial charge in [0.15, 0.2) is 0 Å². The number of hydrogen-bond acceptors (Lipinski definition) is 3. The van der Waals surface area contributed by atoms with Crippen molar-refractivity contribution in [2.24, 2.45) is 0 Å². The molecule has 0 aliphatic carbocycles. The summed E-state index contributed by atoms with van der Waals surface area (Å²) in [4.78, 5) is 24.3. The van der Waals surface area contributed by atoms with Crippen LogP contribution in [0.1, 0.15) is 20.7 Å². The van der Waals surface area contributed by atoms with Gasteiger partial charge in [0.25, 0.3) is 5.91 Å². The fourth-order valence-electron chi connectivity index (χ4n) is 1.82. The highest BCUT2D eigenvalue weighted by molar-refractivity contribution is 7.98. The van der Waals surface area contributed by atoms with Crippen molar-refractivity contribution in [2.45, 2.75) is 4.90 Å². The SMILES string of the molecule is CSc1ccccc1C(=O)Nc1ccc(Cl)cc1C(=O)O. The Morgan fingerprint density at radius 2 is 1.86 bits per heavy atom. The van der Waals surface area contributed by atoms with Crippen LogP contribution in [0.2, 0.25) is 5.02 Å². The maximum Gasteiger partial charge on any atom is 0.337 e. The van der Waals surface area contributed by atoms with Gasteiger partial charge in [-0.25, -0.2) is 4.79 Å². The molecule has 0 fully saturated rings. The maximum absolute atomic E-state index is 12.3. The van der Waals surface area contributed by atoms with Crippen molar-refractivity contribution < 1.29 is 14.7 Å². The third kappa shape index (κ3) is 3.56. The van der Waals surface area contributed by atoms with E-state index in [0.29, 0.717) is 10.6 Å². The summed E-state index contributed by atoms with van der Waals surface area (Å²) in [5.41, 5.74) is 0.668. The first-order valence-electron chi connectivity index (χ1n) is 6.00. The lowest BCUT2D eigenvalue weighted by Crippen LogP contribution is -2.15. The minimum absolute atomic E-state index is 0.0440. The molecule has 0 bridgehead atoms. The van der Waals surface area contributed by atoms with Gasteiger partial charge in [-0.15, -0.1) is 11.8 Å². The van der Waals surface area contributed by atoms with Crippen molar-refractivity contribution in [3.8, 4) is 0 Å². The summed E-state index contributed by atoms with van der Waals surface area (Å²) in [6, 6.07) is 11.4. The molecular weight excluding hydrogens is 310 g/mol. The number of anilines is 1. The van der Waals surface area contributed by atoms with Gasteiger partial charge < -0.3 is 10.4 Å². The number of amides is 1. The molecule has 0 unspecified atom stereocenters. The summed E-state index contributed by atoms with van der Waals surface area (Å²) < 4.78 is 0. The molecule has 0 aromatic heterocycles. The third-order valence-electron chi connectivity index (χ3n) is 2.81. The number of carbonyl (C=O) groups is 2. The van der Waals surface area contributed by atoms with Crippen molar-refractivity contribution in [3.63, 3.8) is 0 Å². The number of carboxylic acid groups (broad SMARTS) is 1. The number of nitrogens with one attached hydrogen (secondary N) is 1. The maximum atomic E-state index is 12.3. The molecule has 4 nitrogen and oxygen atoms in total. The third-order valence-corrected chi connectivity index (χ3v) is 3.84. The zero-order valence-electron chi connectivity index (χ0n) is 11.1. The van der Waals surface area contributed by atoms with Gasteiger partial charge in [0.2, 0.25) is 0 Å². The van der Waals surface area contributed by atoms with Crippen LogP contribution in [0.4, 0.5) is 5.69 Å². The van der Waals surface area contributed by atoms with Crippen LogP contribution in [0.15, 0.2) is 47.4 Å². The molecule has 2 rings (SSSR count). The Labute approximate surface area is 131 Å². The molecule has 21 heavy (non-hydrogen) atoms. The van der Waals surface area contributed by atoms with E-state index < -0.39 is 5.97 Å². The monoisotopic (exact) mass is 321 g/mol. The van der Waals surface area contributed by atoms with Crippen LogP contribution < -0.4 is 5.32 Å². The standard InChI is InChI=1S/C15H12ClNO3S/c1-21-13-5-3-2-4-10(13)14(18)17-12-7-6-9(16)8-11(12)15(19)20/h2-8H,1H3,(H,17,18)(H,19,20). The fourth-order valence-corrected chi connectivity index (χ4v) is 2.59. The van der Waals surface area contributed by atoms with E-state index in [1.165, 1.54) is 30.0 Å². The molecule has 0 heterocycles. The second-order valence-corrected chi connectivity index (χ2v) is 5.43. The number of carboxylic acids is 1. The first-order valence-corrected chi connectivity index (χ1v) is 7.60. The van der Waals surface area contributed by atoms with E-state index in [9.17, 15) is 9.59 Å². The Kier molecular flexibility index (Phi) is 4.88. The lowest BCUT2D eigenvalue weighted by molar-refractivity contribution is 0.0698. The van der Waals surface area contributed by atoms with E-state index in [1.54, 1.807) is 12.1 Å². The van der Waals surface area contributed by atoms with Gasteiger partial charge in [-0.2, -0.15) is 0 Å². The minimum Gasteiger partial charge on any atom is -0.478 e. The number of hydrogen-bond donors (Lipinski definition) is 2. The van der Waals surface area contributed by atoms with Gasteiger partial charge in [-0.1, -0.05) is 23.7 Å². The molecule has 1 amide bonds. The average Bonchev–Trinajstić information content (AvgIpc) is 2.48. The predicted molar refractivity (Wildman–Crippen MR) is 84.6 cm³/mol. The molecule has 0 spiro atoms. The van der Waals surface area contributed by atoms with E-state index >= 15 is 0 Å². The zero-order chi connectivity index (χ0) is 15.4. The fraction of sp³-hybridized carbons (Fsp3) is 0.0667. The lowest BCUT2D eigenvalue weighted by Gasteiger charge is -2.11. The predicted octanol–water partition coefficient (Wildman–Crippen LogP) is 4.01. The molecule has 2 N–H and O–H groups in total. The van der Waals surface area contributed by atoms with Crippen LogP contribution in [0, 0.1) is 0 Å². The second-order valence-electron chi connectivity index (χ2n) is 4.15. The number of halogens is 1. The van der Waals surface area contributed by atoms with Crippen LogP contribution in [0.25, 0.3) is 0 Å². The Morgan fingerprint density at radius 3 is 2.52 bits per heavy atom. The molecule has 0 saturated carbocycles. The minimum atomic E-state index is -1.15. The van der Waals surface area contributed by atoms with E-state index in [1.807, 2.05) is 18.4 Å². The molecule has 2 aromatic rings. The first kappa shape index (κ1) is 15.4. The van der Waals surface area contributed by atoms with Crippen LogP contribution in [0.5, 0.6) is 0 Å². The summed E-state index contributed by atoms with van der Waals surface area (Å²) in [5.74, 6) is -1.50. The average molecular weight is 322 g/mol.